The number of carbonyl (C=O) groups is 1. The van der Waals surface area contributed by atoms with Crippen LogP contribution in [0.5, 0.6) is 0 Å². The molecule has 0 fully saturated rings. The molecular weight excluding hydrogens is 200 g/mol. The van der Waals surface area contributed by atoms with Gasteiger partial charge in [0.25, 0.3) is 0 Å². The van der Waals surface area contributed by atoms with E-state index in [9.17, 15) is 8.78 Å². The summed E-state index contributed by atoms with van der Waals surface area (Å²) in [6.07, 6.45) is -2.83. The van der Waals surface area contributed by atoms with Crippen LogP contribution in [0.25, 0.3) is 0 Å². The molecule has 0 aliphatic rings. The van der Waals surface area contributed by atoms with Gasteiger partial charge in [-0.2, -0.15) is 0 Å². The maximum Gasteiger partial charge on any atom is 0.483 e. The molecule has 0 saturated carbocycles. The highest BCUT2D eigenvalue weighted by Gasteiger charge is 1.87. The predicted octanol–water partition coefficient (Wildman–Crippen LogP) is 3.60. The first-order valence-corrected chi connectivity index (χ1v) is 3.27. The normalized spacial score (nSPS) is 7.62. The first kappa shape index (κ1) is 14.4. The average molecular weight is 210 g/mol. The zero-order valence-electron chi connectivity index (χ0n) is 5.93. The molecule has 1 aromatic carbocycles. The zero-order valence-corrected chi connectivity index (χ0v) is 6.68. The molecule has 5 heteroatoms. The quantitative estimate of drug-likeness (QED) is 0.524. The van der Waals surface area contributed by atoms with Crippen molar-refractivity contribution in [3.05, 3.63) is 29.3 Å². The van der Waals surface area contributed by atoms with Crippen molar-refractivity contribution in [1.29, 1.82) is 0 Å². The molecule has 2 N–H and O–H groups in total. The molecular formula is C8H10ClF2NO. The zero-order chi connectivity index (χ0) is 9.56. The minimum Gasteiger partial charge on any atom is -0.398 e. The average Bonchev–Trinajstić information content (AvgIpc) is 1.94. The molecule has 1 rings (SSSR count). The van der Waals surface area contributed by atoms with Gasteiger partial charge in [-0.3, -0.25) is 0 Å². The Kier molecular flexibility index (Phi) is 8.28. The van der Waals surface area contributed by atoms with Crippen molar-refractivity contribution in [2.45, 2.75) is 7.43 Å². The van der Waals surface area contributed by atoms with Gasteiger partial charge < -0.3 is 5.73 Å². The maximum absolute atomic E-state index is 9.69. The van der Waals surface area contributed by atoms with Gasteiger partial charge >= 0.3 is 6.29 Å². The minimum absolute atomic E-state index is 0. The molecule has 13 heavy (non-hydrogen) atoms. The van der Waals surface area contributed by atoms with Gasteiger partial charge in [-0.25, -0.2) is 4.79 Å². The fourth-order valence-electron chi connectivity index (χ4n) is 0.475. The van der Waals surface area contributed by atoms with Crippen LogP contribution >= 0.6 is 11.6 Å². The van der Waals surface area contributed by atoms with Crippen LogP contribution in [-0.4, -0.2) is 6.29 Å². The third-order valence-corrected chi connectivity index (χ3v) is 1.25. The predicted molar refractivity (Wildman–Crippen MR) is 50.2 cm³/mol. The number of benzene rings is 1. The number of anilines is 1. The second-order valence-electron chi connectivity index (χ2n) is 1.75. The van der Waals surface area contributed by atoms with Crippen LogP contribution in [0.3, 0.4) is 0 Å². The van der Waals surface area contributed by atoms with Crippen molar-refractivity contribution < 1.29 is 13.6 Å². The summed E-state index contributed by atoms with van der Waals surface area (Å²) < 4.78 is 19.4. The first-order chi connectivity index (χ1) is 5.54. The van der Waals surface area contributed by atoms with Crippen molar-refractivity contribution >= 4 is 23.6 Å². The Bertz CT molecular complexity index is 243. The standard InChI is InChI=1S/C6H6ClN.CF2O.CH4/c7-5-3-1-2-4-6(5)8;2-1(3)4;/h1-4H,8H2;;1H4. The van der Waals surface area contributed by atoms with Gasteiger partial charge in [0.1, 0.15) is 0 Å². The van der Waals surface area contributed by atoms with E-state index >= 15 is 0 Å². The number of nitrogens with two attached hydrogens (primary N) is 1. The highest BCUT2D eigenvalue weighted by atomic mass is 35.5. The van der Waals surface area contributed by atoms with Crippen molar-refractivity contribution in [3.8, 4) is 0 Å². The lowest BCUT2D eigenvalue weighted by molar-refractivity contribution is 0.199. The lowest BCUT2D eigenvalue weighted by Crippen LogP contribution is -1.82. The van der Waals surface area contributed by atoms with Gasteiger partial charge in [-0.15, -0.1) is 8.78 Å². The second-order valence-corrected chi connectivity index (χ2v) is 2.15. The minimum atomic E-state index is -2.83. The molecule has 0 amide bonds. The smallest absolute Gasteiger partial charge is 0.398 e. The molecule has 0 spiro atoms. The molecule has 0 aromatic heterocycles. The van der Waals surface area contributed by atoms with E-state index in [0.717, 1.165) is 0 Å². The maximum atomic E-state index is 9.69. The molecule has 0 heterocycles. The van der Waals surface area contributed by atoms with E-state index < -0.39 is 6.29 Å². The van der Waals surface area contributed by atoms with Crippen LogP contribution in [0.1, 0.15) is 7.43 Å². The van der Waals surface area contributed by atoms with Gasteiger partial charge in [0.15, 0.2) is 0 Å². The second kappa shape index (κ2) is 7.49. The van der Waals surface area contributed by atoms with Gasteiger partial charge in [0.05, 0.1) is 10.7 Å². The fourth-order valence-corrected chi connectivity index (χ4v) is 0.611. The molecule has 0 aliphatic carbocycles. The van der Waals surface area contributed by atoms with Gasteiger partial charge in [0, 0.05) is 0 Å². The number of halogens is 3. The Hall–Kier alpha value is -1.16. The lowest BCUT2D eigenvalue weighted by Gasteiger charge is -1.91. The van der Waals surface area contributed by atoms with Crippen LogP contribution in [0.15, 0.2) is 24.3 Å². The highest BCUT2D eigenvalue weighted by molar-refractivity contribution is 6.33. The fraction of sp³-hybridized carbons (Fsp3) is 0.125. The first-order valence-electron chi connectivity index (χ1n) is 2.89. The van der Waals surface area contributed by atoms with Gasteiger partial charge in [0.2, 0.25) is 0 Å². The Labute approximate surface area is 80.3 Å². The molecule has 0 saturated heterocycles. The number of hydrogen-bond donors (Lipinski definition) is 1. The molecule has 0 bridgehead atoms. The van der Waals surface area contributed by atoms with E-state index in [1.54, 1.807) is 12.1 Å². The summed E-state index contributed by atoms with van der Waals surface area (Å²) in [5.41, 5.74) is 6.02. The molecule has 0 unspecified atom stereocenters. The van der Waals surface area contributed by atoms with Crippen molar-refractivity contribution in [2.75, 3.05) is 5.73 Å². The van der Waals surface area contributed by atoms with E-state index in [0.29, 0.717) is 10.7 Å². The van der Waals surface area contributed by atoms with E-state index in [1.807, 2.05) is 12.1 Å². The molecule has 1 aromatic rings. The van der Waals surface area contributed by atoms with Crippen LogP contribution < -0.4 is 5.73 Å². The number of carbonyl (C=O) groups excluding carboxylic acids is 1. The third-order valence-electron chi connectivity index (χ3n) is 0.905. The number of nitrogen functional groups attached to an aromatic ring is 1. The lowest BCUT2D eigenvalue weighted by atomic mass is 10.3. The third kappa shape index (κ3) is 8.75. The summed E-state index contributed by atoms with van der Waals surface area (Å²) in [4.78, 5) is 8.11. The van der Waals surface area contributed by atoms with E-state index in [4.69, 9.17) is 22.1 Å². The van der Waals surface area contributed by atoms with Crippen LogP contribution in [0, 0.1) is 0 Å². The van der Waals surface area contributed by atoms with Gasteiger partial charge in [-0.1, -0.05) is 31.2 Å². The number of rotatable bonds is 0. The van der Waals surface area contributed by atoms with Crippen LogP contribution in [-0.2, 0) is 0 Å². The SMILES string of the molecule is C.Nc1ccccc1Cl.O=C(F)F. The van der Waals surface area contributed by atoms with Crippen LogP contribution in [0.4, 0.5) is 19.3 Å². The van der Waals surface area contributed by atoms with E-state index in [2.05, 4.69) is 0 Å². The largest absolute Gasteiger partial charge is 0.483 e. The summed E-state index contributed by atoms with van der Waals surface area (Å²) in [7, 11) is 0. The molecule has 0 aliphatic heterocycles. The molecule has 2 nitrogen and oxygen atoms in total. The summed E-state index contributed by atoms with van der Waals surface area (Å²) >= 11 is 5.58. The summed E-state index contributed by atoms with van der Waals surface area (Å²) in [5.74, 6) is 0. The highest BCUT2D eigenvalue weighted by Crippen LogP contribution is 2.15. The topological polar surface area (TPSA) is 43.1 Å². The number of para-hydroxylation sites is 1. The Morgan fingerprint density at radius 2 is 1.69 bits per heavy atom. The van der Waals surface area contributed by atoms with E-state index in [1.165, 1.54) is 0 Å². The van der Waals surface area contributed by atoms with Crippen molar-refractivity contribution in [1.82, 2.24) is 0 Å². The van der Waals surface area contributed by atoms with Crippen molar-refractivity contribution in [3.63, 3.8) is 0 Å². The van der Waals surface area contributed by atoms with Crippen LogP contribution in [0.2, 0.25) is 5.02 Å². The molecule has 0 radical (unpaired) electrons. The number of hydrogen-bond acceptors (Lipinski definition) is 2. The van der Waals surface area contributed by atoms with E-state index in [-0.39, 0.29) is 7.43 Å². The Balaban J connectivity index is 0. The van der Waals surface area contributed by atoms with Gasteiger partial charge in [-0.05, 0) is 12.1 Å². The summed E-state index contributed by atoms with van der Waals surface area (Å²) in [6.45, 7) is 0. The molecule has 74 valence electrons. The monoisotopic (exact) mass is 209 g/mol. The summed E-state index contributed by atoms with van der Waals surface area (Å²) in [6, 6.07) is 7.22. The Morgan fingerprint density at radius 1 is 1.31 bits per heavy atom. The van der Waals surface area contributed by atoms with Crippen molar-refractivity contribution in [2.24, 2.45) is 0 Å². The Morgan fingerprint density at radius 3 is 1.92 bits per heavy atom. The summed E-state index contributed by atoms with van der Waals surface area (Å²) in [5, 5.41) is 0.618. The molecule has 0 atom stereocenters.